The molecule has 0 aliphatic carbocycles. The molecule has 0 saturated carbocycles. The number of amides is 1. The third kappa shape index (κ3) is 6.81. The summed E-state index contributed by atoms with van der Waals surface area (Å²) in [6, 6.07) is 21.2. The molecule has 0 fully saturated rings. The zero-order chi connectivity index (χ0) is 25.3. The zero-order valence-corrected chi connectivity index (χ0v) is 20.5. The summed E-state index contributed by atoms with van der Waals surface area (Å²) in [7, 11) is 0.230. The molecule has 0 unspecified atom stereocenters. The molecule has 0 atom stereocenters. The maximum atomic E-state index is 12.9. The van der Waals surface area contributed by atoms with Gasteiger partial charge in [-0.25, -0.2) is 13.8 Å². The van der Waals surface area contributed by atoms with Gasteiger partial charge in [0.2, 0.25) is 10.0 Å². The summed E-state index contributed by atoms with van der Waals surface area (Å²) in [4.78, 5) is 12.3. The van der Waals surface area contributed by atoms with Crippen molar-refractivity contribution in [3.05, 3.63) is 83.9 Å². The number of rotatable bonds is 11. The molecule has 0 radical (unpaired) electrons. The number of nitrogens with zero attached hydrogens (tertiary/aromatic N) is 2. The summed E-state index contributed by atoms with van der Waals surface area (Å²) in [6.07, 6.45) is 1.45. The van der Waals surface area contributed by atoms with Crippen LogP contribution in [0.2, 0.25) is 0 Å². The van der Waals surface area contributed by atoms with Gasteiger partial charge in [-0.15, -0.1) is 0 Å². The minimum absolute atomic E-state index is 0.0292. The normalized spacial score (nSPS) is 11.4. The zero-order valence-electron chi connectivity index (χ0n) is 19.7. The van der Waals surface area contributed by atoms with E-state index in [2.05, 4.69) is 10.5 Å². The molecule has 0 spiro atoms. The standard InChI is InChI=1S/C25H27N3O6S/c1-28(35(30,31)21-13-14-23(32-2)24(15-21)33-3)17-25(29)27-26-16-20-11-7-8-12-22(20)34-18-19-9-5-4-6-10-19/h4-16H,17-18H2,1-3H3,(H,27,29)/b26-16-. The van der Waals surface area contributed by atoms with Crippen LogP contribution in [0.4, 0.5) is 0 Å². The number of hydrazone groups is 1. The maximum absolute atomic E-state index is 12.9. The highest BCUT2D eigenvalue weighted by Gasteiger charge is 2.24. The first kappa shape index (κ1) is 25.7. The Morgan fingerprint density at radius 1 is 0.943 bits per heavy atom. The van der Waals surface area contributed by atoms with Gasteiger partial charge in [0.1, 0.15) is 12.4 Å². The molecular weight excluding hydrogens is 470 g/mol. The summed E-state index contributed by atoms with van der Waals surface area (Å²) in [5.74, 6) is 0.663. The quantitative estimate of drug-likeness (QED) is 0.322. The van der Waals surface area contributed by atoms with Gasteiger partial charge in [-0.1, -0.05) is 42.5 Å². The number of likely N-dealkylation sites (N-methyl/N-ethyl adjacent to an activating group) is 1. The Morgan fingerprint density at radius 2 is 1.63 bits per heavy atom. The molecule has 0 bridgehead atoms. The fourth-order valence-corrected chi connectivity index (χ4v) is 4.25. The number of hydrogen-bond donors (Lipinski definition) is 1. The Labute approximate surface area is 205 Å². The SMILES string of the molecule is COc1ccc(S(=O)(=O)N(C)CC(=O)N/N=C\c2ccccc2OCc2ccccc2)cc1OC. The van der Waals surface area contributed by atoms with Gasteiger partial charge >= 0.3 is 0 Å². The molecule has 9 nitrogen and oxygen atoms in total. The molecule has 0 heterocycles. The van der Waals surface area contributed by atoms with Crippen molar-refractivity contribution in [3.8, 4) is 17.2 Å². The number of carbonyl (C=O) groups excluding carboxylic acids is 1. The van der Waals surface area contributed by atoms with E-state index in [0.29, 0.717) is 23.7 Å². The van der Waals surface area contributed by atoms with Crippen LogP contribution in [0.5, 0.6) is 17.2 Å². The molecule has 3 aromatic rings. The van der Waals surface area contributed by atoms with Crippen molar-refractivity contribution in [2.75, 3.05) is 27.8 Å². The van der Waals surface area contributed by atoms with Crippen molar-refractivity contribution in [2.45, 2.75) is 11.5 Å². The van der Waals surface area contributed by atoms with Crippen LogP contribution in [0.3, 0.4) is 0 Å². The Morgan fingerprint density at radius 3 is 2.34 bits per heavy atom. The average Bonchev–Trinajstić information content (AvgIpc) is 2.88. The molecule has 0 aliphatic heterocycles. The van der Waals surface area contributed by atoms with E-state index < -0.39 is 22.5 Å². The van der Waals surface area contributed by atoms with E-state index in [9.17, 15) is 13.2 Å². The first-order valence-corrected chi connectivity index (χ1v) is 12.0. The second-order valence-corrected chi connectivity index (χ2v) is 9.43. The fourth-order valence-electron chi connectivity index (χ4n) is 3.11. The van der Waals surface area contributed by atoms with Crippen molar-refractivity contribution in [1.82, 2.24) is 9.73 Å². The Hall–Kier alpha value is -3.89. The number of ether oxygens (including phenoxy) is 3. The van der Waals surface area contributed by atoms with Gasteiger partial charge in [-0.05, 0) is 29.8 Å². The Bertz CT molecular complexity index is 1280. The Kier molecular flexibility index (Phi) is 8.82. The van der Waals surface area contributed by atoms with Crippen LogP contribution in [-0.4, -0.2) is 52.7 Å². The molecule has 0 saturated heterocycles. The third-order valence-corrected chi connectivity index (χ3v) is 6.78. The first-order valence-electron chi connectivity index (χ1n) is 10.6. The highest BCUT2D eigenvalue weighted by atomic mass is 32.2. The number of hydrogen-bond acceptors (Lipinski definition) is 7. The van der Waals surface area contributed by atoms with Gasteiger partial charge in [0.25, 0.3) is 5.91 Å². The molecule has 3 aromatic carbocycles. The lowest BCUT2D eigenvalue weighted by atomic mass is 10.2. The second kappa shape index (κ2) is 12.0. The third-order valence-electron chi connectivity index (χ3n) is 4.98. The van der Waals surface area contributed by atoms with E-state index in [0.717, 1.165) is 9.87 Å². The van der Waals surface area contributed by atoms with Gasteiger partial charge in [0.05, 0.1) is 31.9 Å². The fraction of sp³-hybridized carbons (Fsp3) is 0.200. The number of methoxy groups -OCH3 is 2. The van der Waals surface area contributed by atoms with Crippen molar-refractivity contribution in [3.63, 3.8) is 0 Å². The van der Waals surface area contributed by atoms with Crippen LogP contribution < -0.4 is 19.6 Å². The summed E-state index contributed by atoms with van der Waals surface area (Å²) in [5.41, 5.74) is 4.03. The van der Waals surface area contributed by atoms with Crippen LogP contribution >= 0.6 is 0 Å². The number of para-hydroxylation sites is 1. The van der Waals surface area contributed by atoms with Gasteiger partial charge in [0.15, 0.2) is 11.5 Å². The van der Waals surface area contributed by atoms with Crippen LogP contribution in [0.1, 0.15) is 11.1 Å². The van der Waals surface area contributed by atoms with Crippen molar-refractivity contribution >= 4 is 22.1 Å². The minimum Gasteiger partial charge on any atom is -0.493 e. The van der Waals surface area contributed by atoms with E-state index in [1.54, 1.807) is 12.1 Å². The molecule has 1 amide bonds. The van der Waals surface area contributed by atoms with E-state index >= 15 is 0 Å². The number of benzene rings is 3. The topological polar surface area (TPSA) is 107 Å². The molecule has 35 heavy (non-hydrogen) atoms. The number of sulfonamides is 1. The van der Waals surface area contributed by atoms with Crippen molar-refractivity contribution in [1.29, 1.82) is 0 Å². The van der Waals surface area contributed by atoms with Crippen LogP contribution in [0, 0.1) is 0 Å². The van der Waals surface area contributed by atoms with Crippen LogP contribution in [-0.2, 0) is 21.4 Å². The monoisotopic (exact) mass is 497 g/mol. The highest BCUT2D eigenvalue weighted by molar-refractivity contribution is 7.89. The summed E-state index contributed by atoms with van der Waals surface area (Å²) < 4.78 is 42.8. The molecule has 184 valence electrons. The Balaban J connectivity index is 1.60. The predicted octanol–water partition coefficient (Wildman–Crippen LogP) is 3.05. The summed E-state index contributed by atoms with van der Waals surface area (Å²) in [6.45, 7) is -0.0446. The predicted molar refractivity (Wildman–Crippen MR) is 132 cm³/mol. The van der Waals surface area contributed by atoms with Gasteiger partial charge in [0, 0.05) is 18.7 Å². The smallest absolute Gasteiger partial charge is 0.255 e. The summed E-state index contributed by atoms with van der Waals surface area (Å²) in [5, 5.41) is 3.95. The summed E-state index contributed by atoms with van der Waals surface area (Å²) >= 11 is 0. The molecule has 1 N–H and O–H groups in total. The maximum Gasteiger partial charge on any atom is 0.255 e. The molecule has 0 aromatic heterocycles. The lowest BCUT2D eigenvalue weighted by molar-refractivity contribution is -0.121. The largest absolute Gasteiger partial charge is 0.493 e. The lowest BCUT2D eigenvalue weighted by Gasteiger charge is -2.17. The number of nitrogens with one attached hydrogen (secondary N) is 1. The van der Waals surface area contributed by atoms with Gasteiger partial charge < -0.3 is 14.2 Å². The van der Waals surface area contributed by atoms with Crippen molar-refractivity contribution in [2.24, 2.45) is 5.10 Å². The molecule has 10 heteroatoms. The van der Waals surface area contributed by atoms with E-state index in [1.165, 1.54) is 45.7 Å². The highest BCUT2D eigenvalue weighted by Crippen LogP contribution is 2.30. The van der Waals surface area contributed by atoms with Gasteiger partial charge in [-0.3, -0.25) is 4.79 Å². The molecule has 0 aliphatic rings. The molecule has 3 rings (SSSR count). The van der Waals surface area contributed by atoms with Gasteiger partial charge in [-0.2, -0.15) is 9.41 Å². The van der Waals surface area contributed by atoms with Crippen molar-refractivity contribution < 1.29 is 27.4 Å². The average molecular weight is 498 g/mol. The second-order valence-electron chi connectivity index (χ2n) is 7.38. The van der Waals surface area contributed by atoms with E-state index in [-0.39, 0.29) is 10.6 Å². The first-order chi connectivity index (χ1) is 16.8. The molecular formula is C25H27N3O6S. The van der Waals surface area contributed by atoms with Crippen LogP contribution in [0.25, 0.3) is 0 Å². The minimum atomic E-state index is -3.94. The number of carbonyl (C=O) groups is 1. The van der Waals surface area contributed by atoms with Crippen LogP contribution in [0.15, 0.2) is 82.8 Å². The van der Waals surface area contributed by atoms with E-state index in [1.807, 2.05) is 42.5 Å². The lowest BCUT2D eigenvalue weighted by Crippen LogP contribution is -2.36. The van der Waals surface area contributed by atoms with E-state index in [4.69, 9.17) is 14.2 Å².